The van der Waals surface area contributed by atoms with E-state index in [0.717, 1.165) is 11.2 Å². The van der Waals surface area contributed by atoms with Crippen molar-refractivity contribution < 1.29 is 0 Å². The number of hydrogen-bond donors (Lipinski definition) is 0. The van der Waals surface area contributed by atoms with Gasteiger partial charge in [-0.15, -0.1) is 0 Å². The van der Waals surface area contributed by atoms with Crippen molar-refractivity contribution in [2.45, 2.75) is 13.8 Å². The summed E-state index contributed by atoms with van der Waals surface area (Å²) in [5.41, 5.74) is 5.92. The molecule has 0 radical (unpaired) electrons. The van der Waals surface area contributed by atoms with Gasteiger partial charge in [0.05, 0.1) is 11.2 Å². The third-order valence-electron chi connectivity index (χ3n) is 3.70. The Kier molecular flexibility index (Phi) is 3.34. The van der Waals surface area contributed by atoms with Crippen molar-refractivity contribution in [3.05, 3.63) is 77.0 Å². The fourth-order valence-corrected chi connectivity index (χ4v) is 2.30. The van der Waals surface area contributed by atoms with Gasteiger partial charge in [-0.3, -0.25) is 0 Å². The topological polar surface area (TPSA) is 12.9 Å². The van der Waals surface area contributed by atoms with Crippen LogP contribution in [0.15, 0.2) is 54.6 Å². The highest BCUT2D eigenvalue weighted by molar-refractivity contribution is 5.81. The molecule has 3 aromatic rings. The van der Waals surface area contributed by atoms with Crippen molar-refractivity contribution >= 4 is 23.1 Å². The molecular formula is C19H17N. The predicted molar refractivity (Wildman–Crippen MR) is 86.6 cm³/mol. The fourth-order valence-electron chi connectivity index (χ4n) is 2.30. The van der Waals surface area contributed by atoms with E-state index < -0.39 is 0 Å². The lowest BCUT2D eigenvalue weighted by molar-refractivity contribution is 1.32. The lowest BCUT2D eigenvalue weighted by Crippen LogP contribution is -1.86. The van der Waals surface area contributed by atoms with E-state index in [9.17, 15) is 0 Å². The highest BCUT2D eigenvalue weighted by Gasteiger charge is 1.98. The molecule has 1 heteroatoms. The monoisotopic (exact) mass is 259 g/mol. The van der Waals surface area contributed by atoms with E-state index >= 15 is 0 Å². The Morgan fingerprint density at radius 2 is 1.65 bits per heavy atom. The molecule has 0 atom stereocenters. The number of nitrogens with zero attached hydrogens (tertiary/aromatic N) is 1. The summed E-state index contributed by atoms with van der Waals surface area (Å²) in [6, 6.07) is 18.7. The zero-order valence-corrected chi connectivity index (χ0v) is 11.8. The van der Waals surface area contributed by atoms with Crippen molar-refractivity contribution in [1.82, 2.24) is 4.98 Å². The number of fused-ring (bicyclic) bond motifs is 1. The van der Waals surface area contributed by atoms with E-state index in [1.54, 1.807) is 0 Å². The maximum Gasteiger partial charge on any atom is 0.0709 e. The molecule has 0 spiro atoms. The summed E-state index contributed by atoms with van der Waals surface area (Å²) in [7, 11) is 0. The van der Waals surface area contributed by atoms with Gasteiger partial charge in [0, 0.05) is 5.39 Å². The Labute approximate surface area is 119 Å². The molecular weight excluding hydrogens is 242 g/mol. The number of aromatic nitrogens is 1. The molecule has 0 aliphatic heterocycles. The van der Waals surface area contributed by atoms with Crippen LogP contribution in [0.2, 0.25) is 0 Å². The van der Waals surface area contributed by atoms with Gasteiger partial charge in [-0.1, -0.05) is 48.5 Å². The molecule has 0 unspecified atom stereocenters. The minimum atomic E-state index is 0.990. The van der Waals surface area contributed by atoms with E-state index in [1.807, 2.05) is 18.2 Å². The molecule has 0 fully saturated rings. The molecule has 20 heavy (non-hydrogen) atoms. The summed E-state index contributed by atoms with van der Waals surface area (Å²) in [6.07, 6.45) is 4.22. The van der Waals surface area contributed by atoms with Crippen LogP contribution in [0, 0.1) is 13.8 Å². The van der Waals surface area contributed by atoms with Gasteiger partial charge >= 0.3 is 0 Å². The quantitative estimate of drug-likeness (QED) is 0.629. The van der Waals surface area contributed by atoms with E-state index in [2.05, 4.69) is 67.4 Å². The Morgan fingerprint density at radius 3 is 2.55 bits per heavy atom. The number of aryl methyl sites for hydroxylation is 1. The molecule has 1 heterocycles. The molecule has 98 valence electrons. The largest absolute Gasteiger partial charge is 0.248 e. The van der Waals surface area contributed by atoms with Crippen LogP contribution in [0.25, 0.3) is 23.1 Å². The molecule has 0 aliphatic carbocycles. The lowest BCUT2D eigenvalue weighted by atomic mass is 10.0. The van der Waals surface area contributed by atoms with Gasteiger partial charge in [0.1, 0.15) is 0 Å². The third-order valence-corrected chi connectivity index (χ3v) is 3.70. The first-order chi connectivity index (χ1) is 9.74. The first kappa shape index (κ1) is 12.6. The molecule has 1 aromatic heterocycles. The first-order valence-corrected chi connectivity index (χ1v) is 6.84. The molecule has 0 saturated heterocycles. The third kappa shape index (κ3) is 2.48. The van der Waals surface area contributed by atoms with Gasteiger partial charge in [-0.2, -0.15) is 0 Å². The second-order valence-corrected chi connectivity index (χ2v) is 5.05. The Bertz CT molecular complexity index is 785. The zero-order chi connectivity index (χ0) is 13.9. The summed E-state index contributed by atoms with van der Waals surface area (Å²) < 4.78 is 0. The SMILES string of the molecule is Cc1cccc(/C=C/c2ccc3ccccc3n2)c1C. The molecule has 1 nitrogen and oxygen atoms in total. The summed E-state index contributed by atoms with van der Waals surface area (Å²) in [4.78, 5) is 4.66. The second kappa shape index (κ2) is 5.30. The summed E-state index contributed by atoms with van der Waals surface area (Å²) in [5.74, 6) is 0. The van der Waals surface area contributed by atoms with Crippen molar-refractivity contribution in [3.8, 4) is 0 Å². The number of rotatable bonds is 2. The van der Waals surface area contributed by atoms with Crippen molar-refractivity contribution in [3.63, 3.8) is 0 Å². The standard InChI is InChI=1S/C19H17N/c1-14-6-5-8-16(15(14)2)10-12-18-13-11-17-7-3-4-9-19(17)20-18/h3-13H,1-2H3/b12-10+. The summed E-state index contributed by atoms with van der Waals surface area (Å²) >= 11 is 0. The second-order valence-electron chi connectivity index (χ2n) is 5.05. The van der Waals surface area contributed by atoms with Crippen LogP contribution < -0.4 is 0 Å². The molecule has 0 amide bonds. The number of pyridine rings is 1. The van der Waals surface area contributed by atoms with Gasteiger partial charge in [0.2, 0.25) is 0 Å². The Morgan fingerprint density at radius 1 is 0.800 bits per heavy atom. The van der Waals surface area contributed by atoms with Crippen LogP contribution in [-0.2, 0) is 0 Å². The van der Waals surface area contributed by atoms with Crippen LogP contribution in [-0.4, -0.2) is 4.98 Å². The van der Waals surface area contributed by atoms with Gasteiger partial charge in [-0.05, 0) is 48.7 Å². The first-order valence-electron chi connectivity index (χ1n) is 6.84. The zero-order valence-electron chi connectivity index (χ0n) is 11.8. The fraction of sp³-hybridized carbons (Fsp3) is 0.105. The summed E-state index contributed by atoms with van der Waals surface area (Å²) in [6.45, 7) is 4.30. The van der Waals surface area contributed by atoms with Crippen LogP contribution in [0.3, 0.4) is 0 Å². The highest BCUT2D eigenvalue weighted by atomic mass is 14.7. The Balaban J connectivity index is 1.96. The number of benzene rings is 2. The number of hydrogen-bond acceptors (Lipinski definition) is 1. The highest BCUT2D eigenvalue weighted by Crippen LogP contribution is 2.17. The average molecular weight is 259 g/mol. The molecule has 0 saturated carbocycles. The molecule has 0 aliphatic rings. The van der Waals surface area contributed by atoms with E-state index in [1.165, 1.54) is 22.1 Å². The van der Waals surface area contributed by atoms with E-state index in [0.29, 0.717) is 0 Å². The van der Waals surface area contributed by atoms with Crippen LogP contribution in [0.5, 0.6) is 0 Å². The van der Waals surface area contributed by atoms with Gasteiger partial charge in [-0.25, -0.2) is 4.98 Å². The maximum absolute atomic E-state index is 4.66. The van der Waals surface area contributed by atoms with Crippen molar-refractivity contribution in [2.24, 2.45) is 0 Å². The van der Waals surface area contributed by atoms with Gasteiger partial charge in [0.15, 0.2) is 0 Å². The van der Waals surface area contributed by atoms with Crippen molar-refractivity contribution in [2.75, 3.05) is 0 Å². The normalized spacial score (nSPS) is 11.3. The van der Waals surface area contributed by atoms with Crippen LogP contribution in [0.4, 0.5) is 0 Å². The maximum atomic E-state index is 4.66. The lowest BCUT2D eigenvalue weighted by Gasteiger charge is -2.04. The molecule has 3 rings (SSSR count). The average Bonchev–Trinajstić information content (AvgIpc) is 2.48. The smallest absolute Gasteiger partial charge is 0.0709 e. The van der Waals surface area contributed by atoms with Crippen LogP contribution >= 0.6 is 0 Å². The van der Waals surface area contributed by atoms with Crippen molar-refractivity contribution in [1.29, 1.82) is 0 Å². The molecule has 0 bridgehead atoms. The van der Waals surface area contributed by atoms with Crippen LogP contribution in [0.1, 0.15) is 22.4 Å². The van der Waals surface area contributed by atoms with E-state index in [-0.39, 0.29) is 0 Å². The van der Waals surface area contributed by atoms with Gasteiger partial charge < -0.3 is 0 Å². The predicted octanol–water partition coefficient (Wildman–Crippen LogP) is 5.02. The minimum Gasteiger partial charge on any atom is -0.248 e. The van der Waals surface area contributed by atoms with E-state index in [4.69, 9.17) is 0 Å². The Hall–Kier alpha value is -2.41. The van der Waals surface area contributed by atoms with Gasteiger partial charge in [0.25, 0.3) is 0 Å². The number of para-hydroxylation sites is 1. The molecule has 0 N–H and O–H groups in total. The minimum absolute atomic E-state index is 0.990. The molecule has 2 aromatic carbocycles. The summed E-state index contributed by atoms with van der Waals surface area (Å²) in [5, 5.41) is 1.18.